The molecule has 1 aromatic carbocycles. The van der Waals surface area contributed by atoms with E-state index in [1.165, 1.54) is 0 Å². The van der Waals surface area contributed by atoms with Gasteiger partial charge in [-0.15, -0.1) is 10.2 Å². The van der Waals surface area contributed by atoms with Crippen LogP contribution in [-0.2, 0) is 7.05 Å². The number of hydrogen-bond donors (Lipinski definition) is 0. The zero-order valence-electron chi connectivity index (χ0n) is 12.6. The molecular formula is C16H17ClN4O. The summed E-state index contributed by atoms with van der Waals surface area (Å²) in [6, 6.07) is 5.76. The average Bonchev–Trinajstić information content (AvgIpc) is 3.02. The lowest BCUT2D eigenvalue weighted by Gasteiger charge is -2.12. The number of hydrogen-bond acceptors (Lipinski definition) is 3. The number of aromatic nitrogens is 4. The summed E-state index contributed by atoms with van der Waals surface area (Å²) in [6.07, 6.45) is 3.22. The zero-order valence-corrected chi connectivity index (χ0v) is 13.3. The van der Waals surface area contributed by atoms with Crippen molar-refractivity contribution in [3.8, 4) is 0 Å². The Balaban J connectivity index is 2.12. The van der Waals surface area contributed by atoms with E-state index < -0.39 is 0 Å². The Hall–Kier alpha value is -1.88. The number of benzene rings is 1. The van der Waals surface area contributed by atoms with Crippen molar-refractivity contribution in [3.05, 3.63) is 33.7 Å². The molecule has 0 bridgehead atoms. The maximum atomic E-state index is 12.7. The molecule has 4 rings (SSSR count). The molecule has 1 fully saturated rings. The van der Waals surface area contributed by atoms with Gasteiger partial charge in [-0.3, -0.25) is 9.13 Å². The summed E-state index contributed by atoms with van der Waals surface area (Å²) < 4.78 is 3.50. The van der Waals surface area contributed by atoms with E-state index in [2.05, 4.69) is 17.1 Å². The van der Waals surface area contributed by atoms with Gasteiger partial charge in [0.15, 0.2) is 5.65 Å². The Morgan fingerprint density at radius 2 is 2.09 bits per heavy atom. The third-order valence-corrected chi connectivity index (χ3v) is 5.00. The normalized spacial score (nSPS) is 22.0. The Morgan fingerprint density at radius 3 is 2.82 bits per heavy atom. The quantitative estimate of drug-likeness (QED) is 0.692. The van der Waals surface area contributed by atoms with Crippen molar-refractivity contribution in [1.29, 1.82) is 0 Å². The van der Waals surface area contributed by atoms with Gasteiger partial charge in [0, 0.05) is 23.5 Å². The molecule has 1 aliphatic rings. The molecule has 2 atom stereocenters. The molecule has 6 heteroatoms. The van der Waals surface area contributed by atoms with E-state index in [1.807, 2.05) is 16.7 Å². The Morgan fingerprint density at radius 1 is 1.27 bits per heavy atom. The van der Waals surface area contributed by atoms with E-state index in [1.54, 1.807) is 17.7 Å². The van der Waals surface area contributed by atoms with Crippen LogP contribution in [0, 0.1) is 5.92 Å². The second-order valence-corrected chi connectivity index (χ2v) is 6.75. The Bertz CT molecular complexity index is 943. The van der Waals surface area contributed by atoms with Crippen LogP contribution in [0.2, 0.25) is 5.02 Å². The lowest BCUT2D eigenvalue weighted by atomic mass is 10.1. The molecule has 0 aliphatic heterocycles. The fourth-order valence-electron chi connectivity index (χ4n) is 3.62. The molecule has 1 aliphatic carbocycles. The molecule has 0 N–H and O–H groups in total. The summed E-state index contributed by atoms with van der Waals surface area (Å²) >= 11 is 6.16. The van der Waals surface area contributed by atoms with Crippen molar-refractivity contribution in [3.63, 3.8) is 0 Å². The Labute approximate surface area is 132 Å². The summed E-state index contributed by atoms with van der Waals surface area (Å²) in [4.78, 5) is 12.7. The van der Waals surface area contributed by atoms with E-state index in [-0.39, 0.29) is 11.7 Å². The minimum Gasteiger partial charge on any atom is -0.287 e. The standard InChI is InChI=1S/C16H17ClN4O/c1-9-3-5-11(7-9)21-14-12-8-10(17)4-6-13(12)18-19-15(14)20(2)16(21)22/h4,6,8-9,11H,3,5,7H2,1-2H3/t9-,11-/m0/s1. The van der Waals surface area contributed by atoms with E-state index >= 15 is 0 Å². The van der Waals surface area contributed by atoms with Crippen LogP contribution in [0.5, 0.6) is 0 Å². The largest absolute Gasteiger partial charge is 0.330 e. The molecule has 0 unspecified atom stereocenters. The molecule has 0 radical (unpaired) electrons. The lowest BCUT2D eigenvalue weighted by Crippen LogP contribution is -2.25. The fraction of sp³-hybridized carbons (Fsp3) is 0.438. The number of imidazole rings is 1. The van der Waals surface area contributed by atoms with Crippen molar-refractivity contribution in [2.45, 2.75) is 32.2 Å². The van der Waals surface area contributed by atoms with Crippen LogP contribution in [-0.4, -0.2) is 19.3 Å². The molecule has 5 nitrogen and oxygen atoms in total. The summed E-state index contributed by atoms with van der Waals surface area (Å²) in [5.74, 6) is 0.650. The summed E-state index contributed by atoms with van der Waals surface area (Å²) in [6.45, 7) is 2.24. The number of halogens is 1. The van der Waals surface area contributed by atoms with Gasteiger partial charge in [-0.05, 0) is 43.4 Å². The molecule has 0 spiro atoms. The maximum absolute atomic E-state index is 12.7. The smallest absolute Gasteiger partial charge is 0.287 e. The van der Waals surface area contributed by atoms with Crippen molar-refractivity contribution in [1.82, 2.24) is 19.3 Å². The molecule has 2 aromatic heterocycles. The van der Waals surface area contributed by atoms with Gasteiger partial charge in [0.25, 0.3) is 0 Å². The first-order valence-corrected chi connectivity index (χ1v) is 7.97. The van der Waals surface area contributed by atoms with Crippen molar-refractivity contribution >= 4 is 33.7 Å². The highest BCUT2D eigenvalue weighted by atomic mass is 35.5. The number of aryl methyl sites for hydroxylation is 1. The monoisotopic (exact) mass is 316 g/mol. The molecule has 3 aromatic rings. The summed E-state index contributed by atoms with van der Waals surface area (Å²) in [7, 11) is 1.75. The second kappa shape index (κ2) is 4.81. The first kappa shape index (κ1) is 13.8. The van der Waals surface area contributed by atoms with Gasteiger partial charge in [-0.1, -0.05) is 18.5 Å². The van der Waals surface area contributed by atoms with Crippen molar-refractivity contribution in [2.24, 2.45) is 13.0 Å². The molecule has 114 valence electrons. The lowest BCUT2D eigenvalue weighted by molar-refractivity contribution is 0.487. The van der Waals surface area contributed by atoms with E-state index in [0.29, 0.717) is 16.6 Å². The highest BCUT2D eigenvalue weighted by molar-refractivity contribution is 6.31. The Kier molecular flexibility index (Phi) is 3.01. The van der Waals surface area contributed by atoms with Crippen molar-refractivity contribution in [2.75, 3.05) is 0 Å². The molecule has 0 amide bonds. The van der Waals surface area contributed by atoms with Gasteiger partial charge in [0.1, 0.15) is 5.52 Å². The van der Waals surface area contributed by atoms with Crippen LogP contribution in [0.4, 0.5) is 0 Å². The van der Waals surface area contributed by atoms with Crippen LogP contribution in [0.15, 0.2) is 23.0 Å². The van der Waals surface area contributed by atoms with Crippen molar-refractivity contribution < 1.29 is 0 Å². The van der Waals surface area contributed by atoms with Gasteiger partial charge < -0.3 is 0 Å². The van der Waals surface area contributed by atoms with Crippen LogP contribution < -0.4 is 5.69 Å². The predicted octanol–water partition coefficient (Wildman–Crippen LogP) is 3.30. The predicted molar refractivity (Wildman–Crippen MR) is 87.3 cm³/mol. The zero-order chi connectivity index (χ0) is 15.4. The maximum Gasteiger partial charge on any atom is 0.330 e. The topological polar surface area (TPSA) is 52.7 Å². The molecule has 2 heterocycles. The first-order valence-electron chi connectivity index (χ1n) is 7.59. The van der Waals surface area contributed by atoms with Gasteiger partial charge in [-0.25, -0.2) is 4.79 Å². The molecule has 0 saturated heterocycles. The number of nitrogens with zero attached hydrogens (tertiary/aromatic N) is 4. The van der Waals surface area contributed by atoms with Crippen LogP contribution in [0.3, 0.4) is 0 Å². The first-order chi connectivity index (χ1) is 10.6. The van der Waals surface area contributed by atoms with E-state index in [4.69, 9.17) is 11.6 Å². The summed E-state index contributed by atoms with van der Waals surface area (Å²) in [5, 5.41) is 10.0. The molecule has 1 saturated carbocycles. The van der Waals surface area contributed by atoms with Crippen LogP contribution in [0.1, 0.15) is 32.2 Å². The third kappa shape index (κ3) is 1.88. The minimum absolute atomic E-state index is 0.0177. The average molecular weight is 317 g/mol. The minimum atomic E-state index is -0.0177. The van der Waals surface area contributed by atoms with E-state index in [9.17, 15) is 4.79 Å². The SMILES string of the molecule is C[C@H]1CC[C@H](n2c(=O)n(C)c3nnc4ccc(Cl)cc4c32)C1. The third-order valence-electron chi connectivity index (χ3n) is 4.76. The van der Waals surface area contributed by atoms with E-state index in [0.717, 1.165) is 35.7 Å². The van der Waals surface area contributed by atoms with Crippen LogP contribution >= 0.6 is 11.6 Å². The number of rotatable bonds is 1. The number of fused-ring (bicyclic) bond motifs is 3. The molecule has 22 heavy (non-hydrogen) atoms. The van der Waals surface area contributed by atoms with Gasteiger partial charge in [-0.2, -0.15) is 0 Å². The molecular weight excluding hydrogens is 300 g/mol. The van der Waals surface area contributed by atoms with Crippen LogP contribution in [0.25, 0.3) is 22.1 Å². The summed E-state index contributed by atoms with van der Waals surface area (Å²) in [5.41, 5.74) is 2.23. The second-order valence-electron chi connectivity index (χ2n) is 6.32. The fourth-order valence-corrected chi connectivity index (χ4v) is 3.79. The van der Waals surface area contributed by atoms with Gasteiger partial charge >= 0.3 is 5.69 Å². The van der Waals surface area contributed by atoms with Gasteiger partial charge in [0.2, 0.25) is 0 Å². The highest BCUT2D eigenvalue weighted by Gasteiger charge is 2.28. The highest BCUT2D eigenvalue weighted by Crippen LogP contribution is 2.36. The van der Waals surface area contributed by atoms with Gasteiger partial charge in [0.05, 0.1) is 5.52 Å².